The van der Waals surface area contributed by atoms with Gasteiger partial charge < -0.3 is 14.8 Å². The zero-order valence-electron chi connectivity index (χ0n) is 22.7. The molecule has 0 bridgehead atoms. The van der Waals surface area contributed by atoms with Gasteiger partial charge in [0, 0.05) is 0 Å². The van der Waals surface area contributed by atoms with Crippen LogP contribution in [0.3, 0.4) is 0 Å². The number of hydrogen-bond donors (Lipinski definition) is 1. The zero-order valence-corrected chi connectivity index (χ0v) is 22.7. The molecule has 6 atom stereocenters. The molecule has 0 heterocycles. The average molecular weight is 476 g/mol. The molecule has 0 aromatic heterocycles. The number of rotatable bonds is 13. The van der Waals surface area contributed by atoms with Crippen molar-refractivity contribution in [3.8, 4) is 0 Å². The highest BCUT2D eigenvalue weighted by atomic mass is 19.1. The summed E-state index contributed by atoms with van der Waals surface area (Å²) in [6.07, 6.45) is 13.9. The Bertz CT molecular complexity index is 744. The van der Waals surface area contributed by atoms with Crippen molar-refractivity contribution in [1.29, 1.82) is 0 Å². The number of hydrogen-bond acceptors (Lipinski definition) is 3. The van der Waals surface area contributed by atoms with E-state index in [0.29, 0.717) is 18.3 Å². The molecule has 0 spiro atoms. The van der Waals surface area contributed by atoms with Gasteiger partial charge in [0.25, 0.3) is 0 Å². The van der Waals surface area contributed by atoms with Gasteiger partial charge in [-0.15, -0.1) is 6.58 Å². The van der Waals surface area contributed by atoms with Crippen LogP contribution in [0.25, 0.3) is 0 Å². The van der Waals surface area contributed by atoms with Crippen LogP contribution in [0.15, 0.2) is 36.0 Å². The molecule has 0 aliphatic heterocycles. The van der Waals surface area contributed by atoms with Gasteiger partial charge >= 0.3 is 0 Å². The first-order valence-corrected chi connectivity index (χ1v) is 13.9. The van der Waals surface area contributed by atoms with Crippen LogP contribution in [-0.2, 0) is 9.47 Å². The van der Waals surface area contributed by atoms with Gasteiger partial charge in [0.05, 0.1) is 24.9 Å². The maximum absolute atomic E-state index is 15.3. The molecule has 3 aliphatic carbocycles. The first kappa shape index (κ1) is 27.6. The molecule has 0 aromatic rings. The fraction of sp³-hybridized carbons (Fsp3) is 0.800. The van der Waals surface area contributed by atoms with Gasteiger partial charge in [-0.25, -0.2) is 4.39 Å². The number of halogens is 1. The molecule has 3 nitrogen and oxygen atoms in total. The third kappa shape index (κ3) is 6.23. The van der Waals surface area contributed by atoms with E-state index in [-0.39, 0.29) is 29.3 Å². The van der Waals surface area contributed by atoms with Crippen LogP contribution in [-0.4, -0.2) is 43.2 Å². The molecular formula is C30H50FNO2. The summed E-state index contributed by atoms with van der Waals surface area (Å²) in [5.41, 5.74) is 2.33. The third-order valence-corrected chi connectivity index (χ3v) is 8.29. The second kappa shape index (κ2) is 11.8. The number of allylic oxidation sites excluding steroid dienone is 2. The largest absolute Gasteiger partial charge is 0.378 e. The minimum Gasteiger partial charge on any atom is -0.378 e. The van der Waals surface area contributed by atoms with Crippen LogP contribution in [0.4, 0.5) is 4.39 Å². The van der Waals surface area contributed by atoms with E-state index in [4.69, 9.17) is 9.47 Å². The fourth-order valence-electron chi connectivity index (χ4n) is 6.34. The summed E-state index contributed by atoms with van der Waals surface area (Å²) in [5, 5.41) is 3.88. The van der Waals surface area contributed by atoms with Crippen molar-refractivity contribution >= 4 is 0 Å². The fourth-order valence-corrected chi connectivity index (χ4v) is 6.34. The summed E-state index contributed by atoms with van der Waals surface area (Å²) in [4.78, 5) is 0. The van der Waals surface area contributed by atoms with Crippen LogP contribution >= 0.6 is 0 Å². The molecule has 0 amide bonds. The molecule has 0 aromatic carbocycles. The molecule has 3 rings (SSSR count). The standard InChI is InChI=1S/C30H50FNO2/c1-8-10-16-29(7)19-23(9-2)25(13-14-26(29)31)20-32-28-27-24(15-18-33-21(3)4)12-11-17-30(27,28)34-22(5)6/h9,11,17,21-23,25-26,28,32H,2,8,10,12-16,18-20H2,1,3-7H3/t23?,25?,26?,28?,29-,30?/m0/s1. The lowest BCUT2D eigenvalue weighted by molar-refractivity contribution is 0.0181. The summed E-state index contributed by atoms with van der Waals surface area (Å²) in [7, 11) is 0. The van der Waals surface area contributed by atoms with Crippen molar-refractivity contribution < 1.29 is 13.9 Å². The normalized spacial score (nSPS) is 35.6. The molecule has 5 unspecified atom stereocenters. The Balaban J connectivity index is 1.71. The molecular weight excluding hydrogens is 425 g/mol. The van der Waals surface area contributed by atoms with E-state index in [1.165, 1.54) is 11.1 Å². The van der Waals surface area contributed by atoms with Crippen LogP contribution in [0, 0.1) is 17.3 Å². The minimum absolute atomic E-state index is 0.156. The number of alkyl halides is 1. The second-order valence-corrected chi connectivity index (χ2v) is 11.8. The van der Waals surface area contributed by atoms with Crippen molar-refractivity contribution in [2.24, 2.45) is 17.3 Å². The Kier molecular flexibility index (Phi) is 9.62. The van der Waals surface area contributed by atoms with Crippen molar-refractivity contribution in [2.45, 2.75) is 123 Å². The monoisotopic (exact) mass is 475 g/mol. The third-order valence-electron chi connectivity index (χ3n) is 8.29. The maximum Gasteiger partial charge on any atom is 0.129 e. The maximum atomic E-state index is 15.3. The van der Waals surface area contributed by atoms with E-state index in [1.807, 2.05) is 0 Å². The highest BCUT2D eigenvalue weighted by molar-refractivity contribution is 5.58. The smallest absolute Gasteiger partial charge is 0.129 e. The van der Waals surface area contributed by atoms with Crippen molar-refractivity contribution in [3.05, 3.63) is 36.0 Å². The Morgan fingerprint density at radius 3 is 2.65 bits per heavy atom. The Morgan fingerprint density at radius 1 is 1.24 bits per heavy atom. The lowest BCUT2D eigenvalue weighted by Crippen LogP contribution is -2.35. The van der Waals surface area contributed by atoms with Crippen LogP contribution < -0.4 is 5.32 Å². The van der Waals surface area contributed by atoms with Crippen molar-refractivity contribution in [3.63, 3.8) is 0 Å². The van der Waals surface area contributed by atoms with Gasteiger partial charge in [-0.2, -0.15) is 0 Å². The highest BCUT2D eigenvalue weighted by Crippen LogP contribution is 2.54. The molecule has 2 fully saturated rings. The SMILES string of the molecule is C=CC1C[C@](C)(CCCC)C(F)CCC1CNC1C2=C(CCOC(C)C)CC=CC21OC(C)C. The Labute approximate surface area is 208 Å². The lowest BCUT2D eigenvalue weighted by atomic mass is 9.73. The summed E-state index contributed by atoms with van der Waals surface area (Å²) in [5.74, 6) is 0.761. The highest BCUT2D eigenvalue weighted by Gasteiger charge is 2.62. The first-order valence-electron chi connectivity index (χ1n) is 13.9. The lowest BCUT2D eigenvalue weighted by Gasteiger charge is -2.34. The predicted octanol–water partition coefficient (Wildman–Crippen LogP) is 7.33. The number of unbranched alkanes of at least 4 members (excludes halogenated alkanes) is 1. The van der Waals surface area contributed by atoms with Gasteiger partial charge in [-0.3, -0.25) is 0 Å². The summed E-state index contributed by atoms with van der Waals surface area (Å²) in [6, 6.07) is 0.212. The number of nitrogens with one attached hydrogen (secondary N) is 1. The van der Waals surface area contributed by atoms with Gasteiger partial charge in [0.15, 0.2) is 0 Å². The van der Waals surface area contributed by atoms with Gasteiger partial charge in [-0.1, -0.05) is 50.5 Å². The zero-order chi connectivity index (χ0) is 24.9. The van der Waals surface area contributed by atoms with Crippen LogP contribution in [0.5, 0.6) is 0 Å². The van der Waals surface area contributed by atoms with Gasteiger partial charge in [0.1, 0.15) is 11.8 Å². The first-order chi connectivity index (χ1) is 16.2. The summed E-state index contributed by atoms with van der Waals surface area (Å²) >= 11 is 0. The molecule has 1 N–H and O–H groups in total. The molecule has 4 heteroatoms. The van der Waals surface area contributed by atoms with Gasteiger partial charge in [0.2, 0.25) is 0 Å². The molecule has 34 heavy (non-hydrogen) atoms. The molecule has 194 valence electrons. The van der Waals surface area contributed by atoms with Crippen LogP contribution in [0.2, 0.25) is 0 Å². The predicted molar refractivity (Wildman–Crippen MR) is 141 cm³/mol. The van der Waals surface area contributed by atoms with E-state index in [0.717, 1.165) is 58.1 Å². The second-order valence-electron chi connectivity index (χ2n) is 11.8. The van der Waals surface area contributed by atoms with Crippen LogP contribution in [0.1, 0.15) is 92.9 Å². The molecule has 2 saturated carbocycles. The van der Waals surface area contributed by atoms with E-state index in [9.17, 15) is 0 Å². The number of fused-ring (bicyclic) bond motifs is 1. The van der Waals surface area contributed by atoms with E-state index < -0.39 is 6.17 Å². The molecule has 0 radical (unpaired) electrons. The summed E-state index contributed by atoms with van der Waals surface area (Å²) in [6.45, 7) is 18.6. The Hall–Kier alpha value is -0.970. The van der Waals surface area contributed by atoms with E-state index >= 15 is 4.39 Å². The Morgan fingerprint density at radius 2 is 2.00 bits per heavy atom. The molecule has 0 saturated heterocycles. The topological polar surface area (TPSA) is 30.5 Å². The van der Waals surface area contributed by atoms with E-state index in [2.05, 4.69) is 71.7 Å². The minimum atomic E-state index is -0.719. The average Bonchev–Trinajstić information content (AvgIpc) is 3.44. The number of ether oxygens (including phenoxy) is 2. The molecule has 3 aliphatic rings. The van der Waals surface area contributed by atoms with Crippen molar-refractivity contribution in [1.82, 2.24) is 5.32 Å². The quantitative estimate of drug-likeness (QED) is 0.223. The van der Waals surface area contributed by atoms with Gasteiger partial charge in [-0.05, 0) is 95.6 Å². The van der Waals surface area contributed by atoms with Crippen molar-refractivity contribution in [2.75, 3.05) is 13.2 Å². The summed E-state index contributed by atoms with van der Waals surface area (Å²) < 4.78 is 27.6. The van der Waals surface area contributed by atoms with E-state index in [1.54, 1.807) is 0 Å².